The number of hydrogen-bond acceptors (Lipinski definition) is 3. The van der Waals surface area contributed by atoms with Crippen LogP contribution in [0.25, 0.3) is 0 Å². The van der Waals surface area contributed by atoms with Crippen molar-refractivity contribution >= 4 is 11.8 Å². The Morgan fingerprint density at radius 2 is 2.00 bits per heavy atom. The Morgan fingerprint density at radius 1 is 1.37 bits per heavy atom. The quantitative estimate of drug-likeness (QED) is 0.889. The maximum atomic E-state index is 12.8. The molecule has 1 aliphatic carbocycles. The second kappa shape index (κ2) is 4.71. The van der Waals surface area contributed by atoms with Gasteiger partial charge < -0.3 is 10.4 Å². The van der Waals surface area contributed by atoms with Gasteiger partial charge in [0.2, 0.25) is 0 Å². The van der Waals surface area contributed by atoms with Crippen molar-refractivity contribution in [2.45, 2.75) is 37.4 Å². The molecule has 1 saturated carbocycles. The van der Waals surface area contributed by atoms with Crippen molar-refractivity contribution in [2.75, 3.05) is 5.32 Å². The van der Waals surface area contributed by atoms with E-state index in [1.54, 1.807) is 0 Å². The molecule has 1 heterocycles. The SMILES string of the molecule is O=C(O)C1(Nc2ncccc2C(F)(F)F)CCCC1. The Bertz CT molecular complexity index is 482. The number of anilines is 1. The highest BCUT2D eigenvalue weighted by atomic mass is 19.4. The highest BCUT2D eigenvalue weighted by molar-refractivity contribution is 5.83. The second-order valence-corrected chi connectivity index (χ2v) is 4.62. The van der Waals surface area contributed by atoms with Gasteiger partial charge in [-0.2, -0.15) is 13.2 Å². The fourth-order valence-corrected chi connectivity index (χ4v) is 2.33. The number of pyridine rings is 1. The molecule has 2 rings (SSSR count). The molecule has 0 aromatic carbocycles. The summed E-state index contributed by atoms with van der Waals surface area (Å²) < 4.78 is 38.5. The van der Waals surface area contributed by atoms with Gasteiger partial charge in [-0.15, -0.1) is 0 Å². The number of hydrogen-bond donors (Lipinski definition) is 2. The minimum absolute atomic E-state index is 0.302. The molecule has 0 bridgehead atoms. The van der Waals surface area contributed by atoms with Crippen LogP contribution in [0.3, 0.4) is 0 Å². The number of carboxylic acids is 1. The van der Waals surface area contributed by atoms with E-state index >= 15 is 0 Å². The van der Waals surface area contributed by atoms with Gasteiger partial charge in [0.05, 0.1) is 5.56 Å². The minimum Gasteiger partial charge on any atom is -0.480 e. The molecule has 1 fully saturated rings. The number of alkyl halides is 3. The summed E-state index contributed by atoms with van der Waals surface area (Å²) in [5, 5.41) is 11.7. The summed E-state index contributed by atoms with van der Waals surface area (Å²) in [7, 11) is 0. The van der Waals surface area contributed by atoms with Gasteiger partial charge in [-0.3, -0.25) is 0 Å². The van der Waals surface area contributed by atoms with Crippen molar-refractivity contribution in [1.29, 1.82) is 0 Å². The Labute approximate surface area is 107 Å². The van der Waals surface area contributed by atoms with E-state index in [-0.39, 0.29) is 0 Å². The standard InChI is InChI=1S/C12H13F3N2O2/c13-12(14,15)8-4-3-7-16-9(8)17-11(10(18)19)5-1-2-6-11/h3-4,7H,1-2,5-6H2,(H,16,17)(H,18,19). The number of halogens is 3. The lowest BCUT2D eigenvalue weighted by molar-refractivity contribution is -0.143. The average Bonchev–Trinajstić information content (AvgIpc) is 2.78. The van der Waals surface area contributed by atoms with Crippen LogP contribution in [0.2, 0.25) is 0 Å². The van der Waals surface area contributed by atoms with Crippen molar-refractivity contribution in [1.82, 2.24) is 4.98 Å². The molecule has 104 valence electrons. The first-order valence-corrected chi connectivity index (χ1v) is 5.89. The van der Waals surface area contributed by atoms with E-state index in [1.807, 2.05) is 0 Å². The van der Waals surface area contributed by atoms with Crippen LogP contribution < -0.4 is 5.32 Å². The molecule has 0 radical (unpaired) electrons. The lowest BCUT2D eigenvalue weighted by Crippen LogP contribution is -2.44. The first-order valence-electron chi connectivity index (χ1n) is 5.89. The van der Waals surface area contributed by atoms with Crippen LogP contribution in [0.1, 0.15) is 31.2 Å². The Hall–Kier alpha value is -1.79. The number of carboxylic acid groups (broad SMARTS) is 1. The lowest BCUT2D eigenvalue weighted by Gasteiger charge is -2.27. The van der Waals surface area contributed by atoms with Gasteiger partial charge >= 0.3 is 12.1 Å². The zero-order chi connectivity index (χ0) is 14.1. The third-order valence-electron chi connectivity index (χ3n) is 3.34. The van der Waals surface area contributed by atoms with Gasteiger partial charge in [-0.05, 0) is 25.0 Å². The normalized spacial score (nSPS) is 18.3. The molecule has 1 aromatic rings. The number of nitrogens with one attached hydrogen (secondary N) is 1. The Balaban J connectivity index is 2.35. The summed E-state index contributed by atoms with van der Waals surface area (Å²) in [6, 6.07) is 2.07. The first kappa shape index (κ1) is 13.6. The van der Waals surface area contributed by atoms with Crippen LogP contribution in [0, 0.1) is 0 Å². The van der Waals surface area contributed by atoms with E-state index in [2.05, 4.69) is 10.3 Å². The molecule has 1 aromatic heterocycles. The molecule has 0 saturated heterocycles. The van der Waals surface area contributed by atoms with Gasteiger partial charge in [0, 0.05) is 6.20 Å². The fraction of sp³-hybridized carbons (Fsp3) is 0.500. The fourth-order valence-electron chi connectivity index (χ4n) is 2.33. The predicted molar refractivity (Wildman–Crippen MR) is 61.7 cm³/mol. The van der Waals surface area contributed by atoms with Crippen LogP contribution in [-0.4, -0.2) is 21.6 Å². The summed E-state index contributed by atoms with van der Waals surface area (Å²) in [5.41, 5.74) is -2.28. The molecule has 4 nitrogen and oxygen atoms in total. The van der Waals surface area contributed by atoms with Gasteiger partial charge in [0.1, 0.15) is 11.4 Å². The summed E-state index contributed by atoms with van der Waals surface area (Å²) in [6.45, 7) is 0. The van der Waals surface area contributed by atoms with E-state index in [0.717, 1.165) is 6.07 Å². The lowest BCUT2D eigenvalue weighted by atomic mass is 9.97. The zero-order valence-corrected chi connectivity index (χ0v) is 10.00. The molecule has 0 spiro atoms. The van der Waals surface area contributed by atoms with Crippen molar-refractivity contribution < 1.29 is 23.1 Å². The summed E-state index contributed by atoms with van der Waals surface area (Å²) >= 11 is 0. The number of nitrogens with zero attached hydrogens (tertiary/aromatic N) is 1. The number of carbonyl (C=O) groups is 1. The van der Waals surface area contributed by atoms with E-state index in [0.29, 0.717) is 25.7 Å². The summed E-state index contributed by atoms with van der Waals surface area (Å²) in [4.78, 5) is 15.0. The van der Waals surface area contributed by atoms with Gasteiger partial charge in [0.25, 0.3) is 0 Å². The maximum absolute atomic E-state index is 12.8. The van der Waals surface area contributed by atoms with E-state index in [4.69, 9.17) is 0 Å². The van der Waals surface area contributed by atoms with Crippen LogP contribution in [-0.2, 0) is 11.0 Å². The zero-order valence-electron chi connectivity index (χ0n) is 10.00. The smallest absolute Gasteiger partial charge is 0.419 e. The monoisotopic (exact) mass is 274 g/mol. The van der Waals surface area contributed by atoms with Crippen molar-refractivity contribution in [2.24, 2.45) is 0 Å². The Morgan fingerprint density at radius 3 is 2.53 bits per heavy atom. The van der Waals surface area contributed by atoms with Crippen LogP contribution in [0.4, 0.5) is 19.0 Å². The molecule has 2 N–H and O–H groups in total. The molecule has 7 heteroatoms. The number of aromatic nitrogens is 1. The first-order chi connectivity index (χ1) is 8.85. The van der Waals surface area contributed by atoms with Crippen LogP contribution in [0.15, 0.2) is 18.3 Å². The average molecular weight is 274 g/mol. The van der Waals surface area contributed by atoms with Crippen molar-refractivity contribution in [3.05, 3.63) is 23.9 Å². The number of rotatable bonds is 3. The van der Waals surface area contributed by atoms with E-state index in [1.165, 1.54) is 12.3 Å². The van der Waals surface area contributed by atoms with Gasteiger partial charge in [-0.25, -0.2) is 9.78 Å². The highest BCUT2D eigenvalue weighted by Crippen LogP contribution is 2.38. The van der Waals surface area contributed by atoms with Crippen molar-refractivity contribution in [3.63, 3.8) is 0 Å². The molecular weight excluding hydrogens is 261 g/mol. The largest absolute Gasteiger partial charge is 0.480 e. The minimum atomic E-state index is -4.56. The molecule has 0 unspecified atom stereocenters. The molecule has 0 aliphatic heterocycles. The predicted octanol–water partition coefficient (Wildman–Crippen LogP) is 2.91. The van der Waals surface area contributed by atoms with Gasteiger partial charge in [0.15, 0.2) is 0 Å². The molecule has 1 aliphatic rings. The molecule has 19 heavy (non-hydrogen) atoms. The molecular formula is C12H13F3N2O2. The number of aliphatic carboxylic acids is 1. The summed E-state index contributed by atoms with van der Waals surface area (Å²) in [5.74, 6) is -1.55. The Kier molecular flexibility index (Phi) is 3.38. The third-order valence-corrected chi connectivity index (χ3v) is 3.34. The molecule has 0 amide bonds. The summed E-state index contributed by atoms with van der Waals surface area (Å²) in [6.07, 6.45) is -1.40. The van der Waals surface area contributed by atoms with Crippen LogP contribution >= 0.6 is 0 Å². The van der Waals surface area contributed by atoms with E-state index < -0.39 is 29.1 Å². The highest BCUT2D eigenvalue weighted by Gasteiger charge is 2.44. The molecule has 0 atom stereocenters. The van der Waals surface area contributed by atoms with E-state index in [9.17, 15) is 23.1 Å². The third kappa shape index (κ3) is 2.64. The second-order valence-electron chi connectivity index (χ2n) is 4.62. The topological polar surface area (TPSA) is 62.2 Å². The van der Waals surface area contributed by atoms with Crippen molar-refractivity contribution in [3.8, 4) is 0 Å². The maximum Gasteiger partial charge on any atom is 0.419 e. The van der Waals surface area contributed by atoms with Crippen LogP contribution in [0.5, 0.6) is 0 Å². The van der Waals surface area contributed by atoms with Gasteiger partial charge in [-0.1, -0.05) is 12.8 Å².